The Bertz CT molecular complexity index is 1050. The number of aryl methyl sites for hydroxylation is 1. The number of carbonyl (C=O) groups excluding carboxylic acids is 1. The summed E-state index contributed by atoms with van der Waals surface area (Å²) in [5.74, 6) is 1.52. The molecule has 162 valence electrons. The number of ether oxygens (including phenoxy) is 1. The third-order valence-electron chi connectivity index (χ3n) is 5.41. The summed E-state index contributed by atoms with van der Waals surface area (Å²) in [6, 6.07) is 10.0. The van der Waals surface area contributed by atoms with Gasteiger partial charge in [-0.15, -0.1) is 0 Å². The average molecular weight is 439 g/mol. The summed E-state index contributed by atoms with van der Waals surface area (Å²) in [5.41, 5.74) is 2.02. The van der Waals surface area contributed by atoms with Crippen molar-refractivity contribution in [3.63, 3.8) is 0 Å². The quantitative estimate of drug-likeness (QED) is 0.635. The van der Waals surface area contributed by atoms with Crippen molar-refractivity contribution in [2.45, 2.75) is 25.8 Å². The van der Waals surface area contributed by atoms with E-state index < -0.39 is 0 Å². The van der Waals surface area contributed by atoms with E-state index in [1.165, 1.54) is 7.11 Å². The van der Waals surface area contributed by atoms with Crippen LogP contribution in [0.1, 0.15) is 18.4 Å². The van der Waals surface area contributed by atoms with Gasteiger partial charge in [-0.2, -0.15) is 0 Å². The first-order chi connectivity index (χ1) is 15.0. The van der Waals surface area contributed by atoms with Crippen molar-refractivity contribution < 1.29 is 9.53 Å². The highest BCUT2D eigenvalue weighted by Crippen LogP contribution is 2.32. The van der Waals surface area contributed by atoms with E-state index in [-0.39, 0.29) is 12.1 Å². The molecule has 1 amide bonds. The molecule has 9 heteroatoms. The first-order valence-corrected chi connectivity index (χ1v) is 11.0. The molecule has 1 aliphatic rings. The van der Waals surface area contributed by atoms with Crippen LogP contribution in [-0.4, -0.2) is 59.2 Å². The Hall–Kier alpha value is -3.20. The van der Waals surface area contributed by atoms with Gasteiger partial charge in [0.15, 0.2) is 5.13 Å². The zero-order valence-corrected chi connectivity index (χ0v) is 18.7. The predicted octanol–water partition coefficient (Wildman–Crippen LogP) is 4.32. The maximum Gasteiger partial charge on any atom is 0.409 e. The highest BCUT2D eigenvalue weighted by molar-refractivity contribution is 7.18. The Balaban J connectivity index is 1.42. The molecule has 1 N–H and O–H groups in total. The van der Waals surface area contributed by atoms with Crippen LogP contribution in [0.4, 0.5) is 21.6 Å². The molecule has 1 fully saturated rings. The topological polar surface area (TPSA) is 83.5 Å². The lowest BCUT2D eigenvalue weighted by Crippen LogP contribution is -2.45. The number of hydrogen-bond donors (Lipinski definition) is 1. The van der Waals surface area contributed by atoms with Crippen LogP contribution in [0.5, 0.6) is 0 Å². The molecule has 0 saturated carbocycles. The molecule has 3 aromatic rings. The van der Waals surface area contributed by atoms with Gasteiger partial charge < -0.3 is 19.9 Å². The lowest BCUT2D eigenvalue weighted by atomic mass is 10.0. The summed E-state index contributed by atoms with van der Waals surface area (Å²) >= 11 is 1.63. The zero-order valence-electron chi connectivity index (χ0n) is 17.9. The number of rotatable bonds is 5. The van der Waals surface area contributed by atoms with Crippen molar-refractivity contribution in [3.8, 4) is 10.6 Å². The van der Waals surface area contributed by atoms with E-state index in [1.807, 2.05) is 43.5 Å². The molecule has 0 spiro atoms. The van der Waals surface area contributed by atoms with Crippen molar-refractivity contribution in [3.05, 3.63) is 48.3 Å². The third kappa shape index (κ3) is 4.93. The van der Waals surface area contributed by atoms with Gasteiger partial charge in [-0.3, -0.25) is 0 Å². The number of pyridine rings is 2. The van der Waals surface area contributed by atoms with E-state index >= 15 is 0 Å². The highest BCUT2D eigenvalue weighted by Gasteiger charge is 2.27. The molecule has 0 unspecified atom stereocenters. The molecule has 0 aromatic carbocycles. The number of hydrogen-bond acceptors (Lipinski definition) is 8. The van der Waals surface area contributed by atoms with E-state index in [0.717, 1.165) is 58.8 Å². The number of methoxy groups -OCH3 is 1. The minimum atomic E-state index is -0.282. The largest absolute Gasteiger partial charge is 0.453 e. The minimum absolute atomic E-state index is 0.197. The Morgan fingerprint density at radius 3 is 2.77 bits per heavy atom. The van der Waals surface area contributed by atoms with Crippen molar-refractivity contribution >= 4 is 34.2 Å². The zero-order chi connectivity index (χ0) is 21.8. The van der Waals surface area contributed by atoms with Crippen LogP contribution in [0, 0.1) is 6.92 Å². The molecule has 0 bridgehead atoms. The maximum absolute atomic E-state index is 11.7. The van der Waals surface area contributed by atoms with Crippen LogP contribution in [0.15, 0.2) is 42.7 Å². The first-order valence-electron chi connectivity index (χ1n) is 10.2. The van der Waals surface area contributed by atoms with E-state index in [1.54, 1.807) is 29.5 Å². The fourth-order valence-corrected chi connectivity index (χ4v) is 4.58. The second-order valence-corrected chi connectivity index (χ2v) is 8.57. The van der Waals surface area contributed by atoms with Gasteiger partial charge in [-0.05, 0) is 49.6 Å². The number of aromatic nitrogens is 3. The fourth-order valence-electron chi connectivity index (χ4n) is 3.64. The minimum Gasteiger partial charge on any atom is -0.453 e. The van der Waals surface area contributed by atoms with Gasteiger partial charge in [0.1, 0.15) is 11.6 Å². The normalized spacial score (nSPS) is 14.4. The third-order valence-corrected chi connectivity index (χ3v) is 6.49. The van der Waals surface area contributed by atoms with Gasteiger partial charge >= 0.3 is 6.09 Å². The van der Waals surface area contributed by atoms with E-state index in [2.05, 4.69) is 20.2 Å². The summed E-state index contributed by atoms with van der Waals surface area (Å²) < 4.78 is 4.83. The second kappa shape index (κ2) is 9.30. The monoisotopic (exact) mass is 438 g/mol. The SMILES string of the molecule is COC(=O)N(C)C1CCN(c2ncc(-c3cccc(Nc4cc(C)ccn4)n3)s2)CC1. The van der Waals surface area contributed by atoms with Gasteiger partial charge in [0, 0.05) is 38.6 Å². The highest BCUT2D eigenvalue weighted by atomic mass is 32.1. The number of nitrogens with one attached hydrogen (secondary N) is 1. The van der Waals surface area contributed by atoms with Crippen molar-refractivity contribution in [2.75, 3.05) is 37.5 Å². The fraction of sp³-hybridized carbons (Fsp3) is 0.364. The number of amides is 1. The van der Waals surface area contributed by atoms with Crippen LogP contribution in [0.3, 0.4) is 0 Å². The molecule has 0 aliphatic carbocycles. The smallest absolute Gasteiger partial charge is 0.409 e. The second-order valence-electron chi connectivity index (χ2n) is 7.56. The maximum atomic E-state index is 11.7. The molecule has 31 heavy (non-hydrogen) atoms. The molecule has 0 atom stereocenters. The lowest BCUT2D eigenvalue weighted by molar-refractivity contribution is 0.111. The Morgan fingerprint density at radius 1 is 1.23 bits per heavy atom. The van der Waals surface area contributed by atoms with E-state index in [4.69, 9.17) is 9.72 Å². The molecule has 0 radical (unpaired) electrons. The summed E-state index contributed by atoms with van der Waals surface area (Å²) in [7, 11) is 3.22. The first kappa shape index (κ1) is 21.0. The Morgan fingerprint density at radius 2 is 2.03 bits per heavy atom. The molecule has 1 aliphatic heterocycles. The van der Waals surface area contributed by atoms with E-state index in [9.17, 15) is 4.79 Å². The summed E-state index contributed by atoms with van der Waals surface area (Å²) in [6.07, 6.45) is 5.16. The standard InChI is InChI=1S/C22H26N6O2S/c1-15-7-10-23-20(13-15)26-19-6-4-5-17(25-19)18-14-24-21(31-18)28-11-8-16(9-12-28)27(2)22(29)30-3/h4-7,10,13-14,16H,8-9,11-12H2,1-3H3,(H,23,25,26). The van der Waals surface area contributed by atoms with Crippen LogP contribution in [0.2, 0.25) is 0 Å². The molecule has 1 saturated heterocycles. The van der Waals surface area contributed by atoms with Crippen LogP contribution in [0.25, 0.3) is 10.6 Å². The van der Waals surface area contributed by atoms with Crippen molar-refractivity contribution in [1.29, 1.82) is 0 Å². The average Bonchev–Trinajstić information content (AvgIpc) is 3.29. The van der Waals surface area contributed by atoms with Gasteiger partial charge in [-0.1, -0.05) is 17.4 Å². The molecule has 4 rings (SSSR count). The van der Waals surface area contributed by atoms with Gasteiger partial charge in [-0.25, -0.2) is 19.7 Å². The van der Waals surface area contributed by atoms with Crippen molar-refractivity contribution in [1.82, 2.24) is 19.9 Å². The number of carbonyl (C=O) groups is 1. The van der Waals surface area contributed by atoms with E-state index in [0.29, 0.717) is 0 Å². The summed E-state index contributed by atoms with van der Waals surface area (Å²) in [4.78, 5) is 30.4. The summed E-state index contributed by atoms with van der Waals surface area (Å²) in [6.45, 7) is 3.74. The molecular weight excluding hydrogens is 412 g/mol. The predicted molar refractivity (Wildman–Crippen MR) is 123 cm³/mol. The lowest BCUT2D eigenvalue weighted by Gasteiger charge is -2.35. The Labute approximate surface area is 185 Å². The Kier molecular flexibility index (Phi) is 6.31. The summed E-state index contributed by atoms with van der Waals surface area (Å²) in [5, 5.41) is 4.24. The van der Waals surface area contributed by atoms with Crippen LogP contribution in [-0.2, 0) is 4.74 Å². The number of nitrogens with zero attached hydrogens (tertiary/aromatic N) is 5. The van der Waals surface area contributed by atoms with Crippen molar-refractivity contribution in [2.24, 2.45) is 0 Å². The van der Waals surface area contributed by atoms with Gasteiger partial charge in [0.25, 0.3) is 0 Å². The van der Waals surface area contributed by atoms with Crippen LogP contribution >= 0.6 is 11.3 Å². The van der Waals surface area contributed by atoms with Gasteiger partial charge in [0.2, 0.25) is 0 Å². The number of thiazole rings is 1. The molecular formula is C22H26N6O2S. The molecule has 4 heterocycles. The number of piperidine rings is 1. The molecule has 8 nitrogen and oxygen atoms in total. The van der Waals surface area contributed by atoms with Crippen LogP contribution < -0.4 is 10.2 Å². The van der Waals surface area contributed by atoms with Gasteiger partial charge in [0.05, 0.1) is 17.7 Å². The number of anilines is 3. The molecule has 3 aromatic heterocycles.